The highest BCUT2D eigenvalue weighted by Gasteiger charge is 2.59. The van der Waals surface area contributed by atoms with E-state index in [1.807, 2.05) is 6.92 Å². The summed E-state index contributed by atoms with van der Waals surface area (Å²) in [6, 6.07) is 4.64. The van der Waals surface area contributed by atoms with Gasteiger partial charge in [-0.15, -0.1) is 0 Å². The Labute approximate surface area is 238 Å². The van der Waals surface area contributed by atoms with Gasteiger partial charge in [0.05, 0.1) is 4.90 Å². The van der Waals surface area contributed by atoms with Gasteiger partial charge >= 0.3 is 0 Å². The SMILES string of the molecule is Cc1ccc(S(=O)(=O)O)cc1OC1CC[C@@]2(C)C(=CC[C@H]3[C@@H]4CC[C@H]([C@H](C)CCCC(C)C)[C@@]4(C)CC[C@@H]32)C1. The molecule has 0 aliphatic heterocycles. The summed E-state index contributed by atoms with van der Waals surface area (Å²) in [6.07, 6.45) is 16.7. The van der Waals surface area contributed by atoms with Gasteiger partial charge in [0.15, 0.2) is 0 Å². The Hall–Kier alpha value is -1.33. The largest absolute Gasteiger partial charge is 0.490 e. The third kappa shape index (κ3) is 5.48. The molecule has 4 nitrogen and oxygen atoms in total. The van der Waals surface area contributed by atoms with E-state index in [0.29, 0.717) is 11.2 Å². The molecule has 1 unspecified atom stereocenters. The quantitative estimate of drug-likeness (QED) is 0.256. The van der Waals surface area contributed by atoms with E-state index in [2.05, 4.69) is 40.7 Å². The van der Waals surface area contributed by atoms with Gasteiger partial charge in [-0.3, -0.25) is 4.55 Å². The zero-order chi connectivity index (χ0) is 28.2. The summed E-state index contributed by atoms with van der Waals surface area (Å²) < 4.78 is 39.3. The number of benzene rings is 1. The number of rotatable bonds is 8. The first-order valence-electron chi connectivity index (χ1n) is 15.8. The maximum Gasteiger partial charge on any atom is 0.294 e. The zero-order valence-electron chi connectivity index (χ0n) is 25.2. The molecule has 1 N–H and O–H groups in total. The molecule has 0 spiro atoms. The van der Waals surface area contributed by atoms with Crippen LogP contribution < -0.4 is 4.74 Å². The van der Waals surface area contributed by atoms with E-state index in [4.69, 9.17) is 4.74 Å². The van der Waals surface area contributed by atoms with Crippen LogP contribution in [0.5, 0.6) is 5.75 Å². The maximum atomic E-state index is 11.7. The summed E-state index contributed by atoms with van der Waals surface area (Å²) >= 11 is 0. The number of allylic oxidation sites excluding steroid dienone is 1. The normalized spacial score (nSPS) is 37.0. The molecule has 0 saturated heterocycles. The van der Waals surface area contributed by atoms with E-state index in [9.17, 15) is 13.0 Å². The minimum absolute atomic E-state index is 0.0487. The molecule has 0 amide bonds. The van der Waals surface area contributed by atoms with E-state index in [-0.39, 0.29) is 16.4 Å². The first-order chi connectivity index (χ1) is 18.3. The van der Waals surface area contributed by atoms with E-state index < -0.39 is 10.1 Å². The average Bonchev–Trinajstić information content (AvgIpc) is 3.22. The molecular weight excluding hydrogens is 504 g/mol. The van der Waals surface area contributed by atoms with E-state index in [1.165, 1.54) is 63.5 Å². The van der Waals surface area contributed by atoms with Gasteiger partial charge in [0, 0.05) is 12.5 Å². The summed E-state index contributed by atoms with van der Waals surface area (Å²) in [5.41, 5.74) is 3.24. The van der Waals surface area contributed by atoms with Gasteiger partial charge in [0.1, 0.15) is 11.9 Å². The minimum atomic E-state index is -4.25. The Bertz CT molecular complexity index is 1190. The molecule has 3 fully saturated rings. The lowest BCUT2D eigenvalue weighted by molar-refractivity contribution is -0.0559. The fourth-order valence-electron chi connectivity index (χ4n) is 9.80. The number of aryl methyl sites for hydroxylation is 1. The zero-order valence-corrected chi connectivity index (χ0v) is 26.0. The Balaban J connectivity index is 1.28. The van der Waals surface area contributed by atoms with Gasteiger partial charge in [0.25, 0.3) is 10.1 Å². The first kappa shape index (κ1) is 29.2. The van der Waals surface area contributed by atoms with Crippen LogP contribution in [-0.4, -0.2) is 19.1 Å². The predicted molar refractivity (Wildman–Crippen MR) is 158 cm³/mol. The monoisotopic (exact) mass is 556 g/mol. The molecule has 218 valence electrons. The van der Waals surface area contributed by atoms with Gasteiger partial charge in [-0.05, 0) is 110 Å². The molecule has 0 heterocycles. The Morgan fingerprint density at radius 3 is 2.51 bits per heavy atom. The molecule has 0 radical (unpaired) electrons. The third-order valence-electron chi connectivity index (χ3n) is 12.0. The van der Waals surface area contributed by atoms with Crippen molar-refractivity contribution in [3.63, 3.8) is 0 Å². The molecule has 1 aromatic carbocycles. The molecule has 1 aromatic rings. The lowest BCUT2D eigenvalue weighted by atomic mass is 9.47. The number of hydrogen-bond acceptors (Lipinski definition) is 3. The van der Waals surface area contributed by atoms with Gasteiger partial charge in [-0.2, -0.15) is 8.42 Å². The highest BCUT2D eigenvalue weighted by atomic mass is 32.2. The predicted octanol–water partition coefficient (Wildman–Crippen LogP) is 9.03. The van der Waals surface area contributed by atoms with Crippen LogP contribution in [0.25, 0.3) is 0 Å². The van der Waals surface area contributed by atoms with Crippen molar-refractivity contribution in [2.24, 2.45) is 46.3 Å². The molecule has 5 heteroatoms. The van der Waals surface area contributed by atoms with Crippen LogP contribution in [0.4, 0.5) is 0 Å². The highest BCUT2D eigenvalue weighted by Crippen LogP contribution is 2.67. The lowest BCUT2D eigenvalue weighted by Crippen LogP contribution is -2.51. The van der Waals surface area contributed by atoms with Crippen LogP contribution >= 0.6 is 0 Å². The average molecular weight is 557 g/mol. The fraction of sp³-hybridized carbons (Fsp3) is 0.765. The molecule has 8 atom stereocenters. The smallest absolute Gasteiger partial charge is 0.294 e. The van der Waals surface area contributed by atoms with Crippen molar-refractivity contribution in [2.75, 3.05) is 0 Å². The van der Waals surface area contributed by atoms with Crippen LogP contribution in [0.3, 0.4) is 0 Å². The molecule has 5 rings (SSSR count). The number of fused-ring (bicyclic) bond motifs is 5. The Morgan fingerprint density at radius 2 is 1.79 bits per heavy atom. The van der Waals surface area contributed by atoms with Crippen molar-refractivity contribution in [3.8, 4) is 5.75 Å². The minimum Gasteiger partial charge on any atom is -0.490 e. The van der Waals surface area contributed by atoms with E-state index in [1.54, 1.807) is 11.6 Å². The topological polar surface area (TPSA) is 63.6 Å². The van der Waals surface area contributed by atoms with Crippen LogP contribution in [-0.2, 0) is 10.1 Å². The first-order valence-corrected chi connectivity index (χ1v) is 17.2. The summed E-state index contributed by atoms with van der Waals surface area (Å²) in [4.78, 5) is -0.0992. The number of ether oxygens (including phenoxy) is 1. The molecule has 0 bridgehead atoms. The van der Waals surface area contributed by atoms with Crippen molar-refractivity contribution in [2.45, 2.75) is 123 Å². The molecule has 3 saturated carbocycles. The third-order valence-corrected chi connectivity index (χ3v) is 12.9. The van der Waals surface area contributed by atoms with Gasteiger partial charge in [-0.1, -0.05) is 71.6 Å². The molecular formula is C34H52O4S. The highest BCUT2D eigenvalue weighted by molar-refractivity contribution is 7.85. The standard InChI is InChI=1S/C34H52O4S/c1-22(2)8-7-9-23(3)29-14-15-30-28-13-11-25-20-26(16-18-33(25,5)31(28)17-19-34(29,30)6)38-32-21-27(39(35,36)37)12-10-24(32)4/h10-12,21-23,26,28-31H,7-9,13-20H2,1-6H3,(H,35,36,37)/t23-,26?,28+,29-,30+,31+,33+,34-/m1/s1. The Morgan fingerprint density at radius 1 is 1.03 bits per heavy atom. The molecule has 4 aliphatic rings. The van der Waals surface area contributed by atoms with Crippen LogP contribution in [0, 0.1) is 53.3 Å². The summed E-state index contributed by atoms with van der Waals surface area (Å²) in [5.74, 6) is 5.57. The van der Waals surface area contributed by atoms with Gasteiger partial charge in [0.2, 0.25) is 0 Å². The summed E-state index contributed by atoms with van der Waals surface area (Å²) in [6.45, 7) is 14.4. The maximum absolute atomic E-state index is 11.7. The fourth-order valence-corrected chi connectivity index (χ4v) is 10.3. The molecule has 0 aromatic heterocycles. The second kappa shape index (κ2) is 10.8. The van der Waals surface area contributed by atoms with Crippen molar-refractivity contribution in [1.82, 2.24) is 0 Å². The summed E-state index contributed by atoms with van der Waals surface area (Å²) in [5, 5.41) is 0. The second-order valence-electron chi connectivity index (χ2n) is 14.7. The van der Waals surface area contributed by atoms with Crippen LogP contribution in [0.2, 0.25) is 0 Å². The Kier molecular flexibility index (Phi) is 8.09. The van der Waals surface area contributed by atoms with Gasteiger partial charge < -0.3 is 4.74 Å². The van der Waals surface area contributed by atoms with Crippen molar-refractivity contribution >= 4 is 10.1 Å². The van der Waals surface area contributed by atoms with Crippen LogP contribution in [0.1, 0.15) is 111 Å². The lowest BCUT2D eigenvalue weighted by Gasteiger charge is -2.58. The van der Waals surface area contributed by atoms with E-state index >= 15 is 0 Å². The summed E-state index contributed by atoms with van der Waals surface area (Å²) in [7, 11) is -4.25. The van der Waals surface area contributed by atoms with Crippen molar-refractivity contribution in [3.05, 3.63) is 35.4 Å². The molecule has 4 aliphatic carbocycles. The van der Waals surface area contributed by atoms with Crippen LogP contribution in [0.15, 0.2) is 34.7 Å². The van der Waals surface area contributed by atoms with Gasteiger partial charge in [-0.25, -0.2) is 0 Å². The van der Waals surface area contributed by atoms with Crippen molar-refractivity contribution < 1.29 is 17.7 Å². The van der Waals surface area contributed by atoms with Crippen molar-refractivity contribution in [1.29, 1.82) is 0 Å². The number of hydrogen-bond donors (Lipinski definition) is 1. The molecule has 39 heavy (non-hydrogen) atoms. The van der Waals surface area contributed by atoms with E-state index in [0.717, 1.165) is 60.3 Å². The second-order valence-corrected chi connectivity index (χ2v) is 16.1.